The molecule has 3 saturated carbocycles. The molecular formula is C29H42O6. The summed E-state index contributed by atoms with van der Waals surface area (Å²) in [6.07, 6.45) is 10.6. The van der Waals surface area contributed by atoms with Gasteiger partial charge in [-0.25, -0.2) is 0 Å². The van der Waals surface area contributed by atoms with Crippen LogP contribution in [0.15, 0.2) is 11.6 Å². The van der Waals surface area contributed by atoms with E-state index in [4.69, 9.17) is 14.2 Å². The van der Waals surface area contributed by atoms with Crippen LogP contribution in [0.3, 0.4) is 0 Å². The lowest BCUT2D eigenvalue weighted by atomic mass is 9.47. The second kappa shape index (κ2) is 9.32. The number of carbonyl (C=O) groups is 3. The molecule has 0 aromatic rings. The summed E-state index contributed by atoms with van der Waals surface area (Å²) < 4.78 is 17.9. The highest BCUT2D eigenvalue weighted by Crippen LogP contribution is 2.67. The molecule has 35 heavy (non-hydrogen) atoms. The summed E-state index contributed by atoms with van der Waals surface area (Å²) in [5, 5.41) is 0. The minimum atomic E-state index is -0.237. The van der Waals surface area contributed by atoms with Gasteiger partial charge >= 0.3 is 11.9 Å². The molecule has 0 bridgehead atoms. The maximum Gasteiger partial charge on any atom is 0.305 e. The van der Waals surface area contributed by atoms with Crippen LogP contribution < -0.4 is 0 Å². The molecule has 1 heterocycles. The van der Waals surface area contributed by atoms with Gasteiger partial charge in [-0.2, -0.15) is 0 Å². The quantitative estimate of drug-likeness (QED) is 0.510. The molecule has 0 aromatic carbocycles. The van der Waals surface area contributed by atoms with Gasteiger partial charge in [0.05, 0.1) is 6.10 Å². The Balaban J connectivity index is 1.44. The maximum absolute atomic E-state index is 13.8. The molecule has 194 valence electrons. The first-order valence-electron chi connectivity index (χ1n) is 13.9. The summed E-state index contributed by atoms with van der Waals surface area (Å²) in [6.45, 7) is 8.77. The summed E-state index contributed by atoms with van der Waals surface area (Å²) in [6, 6.07) is 0. The number of fused-ring (bicyclic) bond motifs is 5. The van der Waals surface area contributed by atoms with E-state index >= 15 is 0 Å². The smallest absolute Gasteiger partial charge is 0.305 e. The average Bonchev–Trinajstić information content (AvgIpc) is 3.11. The van der Waals surface area contributed by atoms with E-state index in [0.717, 1.165) is 58.0 Å². The van der Waals surface area contributed by atoms with Crippen LogP contribution in [0.1, 0.15) is 91.9 Å². The topological polar surface area (TPSA) is 78.9 Å². The van der Waals surface area contributed by atoms with E-state index in [2.05, 4.69) is 13.8 Å². The van der Waals surface area contributed by atoms with Crippen molar-refractivity contribution < 1.29 is 28.6 Å². The summed E-state index contributed by atoms with van der Waals surface area (Å²) in [5.74, 6) is 0.424. The van der Waals surface area contributed by atoms with Crippen molar-refractivity contribution in [2.45, 2.75) is 110 Å². The molecule has 0 aromatic heterocycles. The fourth-order valence-electron chi connectivity index (χ4n) is 8.82. The molecule has 4 fully saturated rings. The Bertz CT molecular complexity index is 903. The molecule has 1 saturated heterocycles. The van der Waals surface area contributed by atoms with Gasteiger partial charge in [-0.05, 0) is 80.1 Å². The van der Waals surface area contributed by atoms with Crippen LogP contribution in [0, 0.1) is 34.5 Å². The molecule has 5 rings (SSSR count). The van der Waals surface area contributed by atoms with Gasteiger partial charge in [0, 0.05) is 38.2 Å². The van der Waals surface area contributed by atoms with Crippen molar-refractivity contribution in [1.29, 1.82) is 0 Å². The van der Waals surface area contributed by atoms with Gasteiger partial charge in [-0.3, -0.25) is 14.4 Å². The Morgan fingerprint density at radius 3 is 2.57 bits per heavy atom. The van der Waals surface area contributed by atoms with Crippen LogP contribution in [0.25, 0.3) is 0 Å². The van der Waals surface area contributed by atoms with E-state index in [9.17, 15) is 14.4 Å². The summed E-state index contributed by atoms with van der Waals surface area (Å²) >= 11 is 0. The Morgan fingerprint density at radius 2 is 1.89 bits per heavy atom. The number of rotatable bonds is 4. The van der Waals surface area contributed by atoms with E-state index in [1.165, 1.54) is 12.5 Å². The molecule has 9 atom stereocenters. The second-order valence-corrected chi connectivity index (χ2v) is 12.3. The first kappa shape index (κ1) is 25.0. The van der Waals surface area contributed by atoms with Crippen molar-refractivity contribution in [3.63, 3.8) is 0 Å². The largest absolute Gasteiger partial charge is 0.462 e. The normalized spacial score (nSPS) is 45.0. The SMILES string of the molecule is CCC(=O)O[C@H]1CC[C@@]2(C)C(=CC(=O)C3C2CC[C@@]2(C)C3C[C@H](OC(C)=O)[C@@H]2C2CCCCO2)C1. The number of ether oxygens (including phenoxy) is 3. The van der Waals surface area contributed by atoms with Crippen LogP contribution in [0.5, 0.6) is 0 Å². The molecule has 1 aliphatic heterocycles. The first-order chi connectivity index (χ1) is 16.7. The molecular weight excluding hydrogens is 444 g/mol. The third-order valence-electron chi connectivity index (χ3n) is 10.5. The van der Waals surface area contributed by atoms with Gasteiger partial charge in [0.1, 0.15) is 12.2 Å². The van der Waals surface area contributed by atoms with Crippen LogP contribution in [0.2, 0.25) is 0 Å². The average molecular weight is 487 g/mol. The molecule has 0 radical (unpaired) electrons. The highest BCUT2D eigenvalue weighted by atomic mass is 16.5. The number of hydrogen-bond donors (Lipinski definition) is 0. The van der Waals surface area contributed by atoms with Crippen molar-refractivity contribution in [1.82, 2.24) is 0 Å². The zero-order chi connectivity index (χ0) is 25.0. The van der Waals surface area contributed by atoms with Gasteiger partial charge in [-0.15, -0.1) is 0 Å². The lowest BCUT2D eigenvalue weighted by molar-refractivity contribution is -0.158. The zero-order valence-electron chi connectivity index (χ0n) is 21.8. The minimum Gasteiger partial charge on any atom is -0.462 e. The Morgan fingerprint density at radius 1 is 1.09 bits per heavy atom. The molecule has 4 unspecified atom stereocenters. The second-order valence-electron chi connectivity index (χ2n) is 12.3. The lowest BCUT2D eigenvalue weighted by Gasteiger charge is -2.57. The van der Waals surface area contributed by atoms with E-state index in [1.54, 1.807) is 0 Å². The predicted molar refractivity (Wildman–Crippen MR) is 130 cm³/mol. The molecule has 6 nitrogen and oxygen atoms in total. The van der Waals surface area contributed by atoms with Crippen molar-refractivity contribution in [2.75, 3.05) is 6.61 Å². The molecule has 0 spiro atoms. The van der Waals surface area contributed by atoms with E-state index in [0.29, 0.717) is 18.8 Å². The highest BCUT2D eigenvalue weighted by molar-refractivity contribution is 5.94. The fourth-order valence-corrected chi connectivity index (χ4v) is 8.82. The summed E-state index contributed by atoms with van der Waals surface area (Å²) in [4.78, 5) is 37.7. The highest BCUT2D eigenvalue weighted by Gasteiger charge is 2.65. The van der Waals surface area contributed by atoms with Gasteiger partial charge in [0.15, 0.2) is 5.78 Å². The summed E-state index contributed by atoms with van der Waals surface area (Å²) in [5.41, 5.74) is 1.06. The number of esters is 2. The molecule has 4 aliphatic carbocycles. The van der Waals surface area contributed by atoms with Crippen LogP contribution in [0.4, 0.5) is 0 Å². The Hall–Kier alpha value is -1.69. The number of allylic oxidation sites excluding steroid dienone is 1. The zero-order valence-corrected chi connectivity index (χ0v) is 21.8. The Kier molecular flexibility index (Phi) is 6.65. The summed E-state index contributed by atoms with van der Waals surface area (Å²) in [7, 11) is 0. The van der Waals surface area contributed by atoms with Crippen molar-refractivity contribution in [2.24, 2.45) is 34.5 Å². The van der Waals surface area contributed by atoms with Crippen LogP contribution in [-0.2, 0) is 28.6 Å². The fraction of sp³-hybridized carbons (Fsp3) is 0.828. The Labute approximate surface area is 209 Å². The molecule has 6 heteroatoms. The maximum atomic E-state index is 13.8. The van der Waals surface area contributed by atoms with Crippen molar-refractivity contribution in [3.8, 4) is 0 Å². The molecule has 0 N–H and O–H groups in total. The van der Waals surface area contributed by atoms with Crippen LogP contribution in [-0.4, -0.2) is 42.6 Å². The van der Waals surface area contributed by atoms with Gasteiger partial charge in [0.25, 0.3) is 0 Å². The van der Waals surface area contributed by atoms with Gasteiger partial charge in [0.2, 0.25) is 0 Å². The molecule has 5 aliphatic rings. The van der Waals surface area contributed by atoms with Crippen molar-refractivity contribution in [3.05, 3.63) is 11.6 Å². The van der Waals surface area contributed by atoms with Gasteiger partial charge < -0.3 is 14.2 Å². The number of ketones is 1. The third kappa shape index (κ3) is 4.18. The number of carbonyl (C=O) groups excluding carboxylic acids is 3. The van der Waals surface area contributed by atoms with E-state index < -0.39 is 0 Å². The van der Waals surface area contributed by atoms with Crippen LogP contribution >= 0.6 is 0 Å². The standard InChI is InChI=1S/C29H42O6/c1-5-25(32)35-19-9-11-28(3)18(14-19)15-22(31)26-20(28)10-12-29(4)21(26)16-24(34-17(2)30)27(29)23-8-6-7-13-33-23/h15,19-21,23-24,26-27H,5-14,16H2,1-4H3/t19-,20?,21?,23?,24-,26?,27-,28-,29-/m0/s1. The van der Waals surface area contributed by atoms with Crippen molar-refractivity contribution >= 4 is 17.7 Å². The predicted octanol–water partition coefficient (Wildman–Crippen LogP) is 5.18. The minimum absolute atomic E-state index is 0.0363. The molecule has 0 amide bonds. The van der Waals surface area contributed by atoms with E-state index in [1.807, 2.05) is 13.0 Å². The monoisotopic (exact) mass is 486 g/mol. The first-order valence-corrected chi connectivity index (χ1v) is 13.9. The third-order valence-corrected chi connectivity index (χ3v) is 10.5. The van der Waals surface area contributed by atoms with Gasteiger partial charge in [-0.1, -0.05) is 26.3 Å². The van der Waals surface area contributed by atoms with E-state index in [-0.39, 0.29) is 64.6 Å². The number of hydrogen-bond acceptors (Lipinski definition) is 6. The lowest BCUT2D eigenvalue weighted by Crippen LogP contribution is -2.54.